The highest BCUT2D eigenvalue weighted by molar-refractivity contribution is 5.94. The molecule has 0 radical (unpaired) electrons. The van der Waals surface area contributed by atoms with Crippen molar-refractivity contribution in [2.45, 2.75) is 19.4 Å². The van der Waals surface area contributed by atoms with Crippen molar-refractivity contribution in [3.05, 3.63) is 35.4 Å². The van der Waals surface area contributed by atoms with Crippen LogP contribution in [0.1, 0.15) is 23.7 Å². The van der Waals surface area contributed by atoms with Gasteiger partial charge in [-0.1, -0.05) is 13.0 Å². The number of amides is 1. The Morgan fingerprint density at radius 1 is 1.42 bits per heavy atom. The van der Waals surface area contributed by atoms with Gasteiger partial charge in [-0.2, -0.15) is 0 Å². The summed E-state index contributed by atoms with van der Waals surface area (Å²) in [6.07, 6.45) is 0.820. The normalized spacial score (nSPS) is 24.2. The first-order valence-electron chi connectivity index (χ1n) is 6.42. The SMILES string of the molecule is CC1CN(C)CCC1NC(=O)c1cccc(F)c1F. The summed E-state index contributed by atoms with van der Waals surface area (Å²) in [4.78, 5) is 14.2. The third kappa shape index (κ3) is 3.10. The number of piperidine rings is 1. The zero-order valence-corrected chi connectivity index (χ0v) is 11.1. The molecule has 1 aromatic rings. The van der Waals surface area contributed by atoms with Crippen LogP contribution >= 0.6 is 0 Å². The van der Waals surface area contributed by atoms with Crippen molar-refractivity contribution >= 4 is 5.91 Å². The number of rotatable bonds is 2. The molecule has 1 amide bonds. The molecule has 5 heteroatoms. The smallest absolute Gasteiger partial charge is 0.254 e. The molecule has 1 aliphatic heterocycles. The number of nitrogens with zero attached hydrogens (tertiary/aromatic N) is 1. The van der Waals surface area contributed by atoms with Crippen LogP contribution in [0.3, 0.4) is 0 Å². The van der Waals surface area contributed by atoms with Gasteiger partial charge in [-0.15, -0.1) is 0 Å². The lowest BCUT2D eigenvalue weighted by molar-refractivity contribution is 0.0879. The van der Waals surface area contributed by atoms with Gasteiger partial charge in [-0.25, -0.2) is 8.78 Å². The number of carbonyl (C=O) groups excluding carboxylic acids is 1. The molecule has 0 bridgehead atoms. The standard InChI is InChI=1S/C14H18F2N2O/c1-9-8-18(2)7-6-12(9)17-14(19)10-4-3-5-11(15)13(10)16/h3-5,9,12H,6-8H2,1-2H3,(H,17,19). The van der Waals surface area contributed by atoms with E-state index in [9.17, 15) is 13.6 Å². The zero-order valence-electron chi connectivity index (χ0n) is 11.1. The van der Waals surface area contributed by atoms with Gasteiger partial charge in [0.2, 0.25) is 0 Å². The lowest BCUT2D eigenvalue weighted by atomic mass is 9.94. The monoisotopic (exact) mass is 268 g/mol. The van der Waals surface area contributed by atoms with E-state index in [0.717, 1.165) is 25.6 Å². The summed E-state index contributed by atoms with van der Waals surface area (Å²) in [5.74, 6) is -2.33. The number of carbonyl (C=O) groups is 1. The van der Waals surface area contributed by atoms with Crippen LogP contribution in [0.2, 0.25) is 0 Å². The number of benzene rings is 1. The van der Waals surface area contributed by atoms with Crippen molar-refractivity contribution in [3.8, 4) is 0 Å². The Bertz CT molecular complexity index is 479. The van der Waals surface area contributed by atoms with E-state index in [1.165, 1.54) is 12.1 Å². The molecule has 0 aromatic heterocycles. The van der Waals surface area contributed by atoms with Gasteiger partial charge in [-0.05, 0) is 38.1 Å². The van der Waals surface area contributed by atoms with Crippen LogP contribution in [0.15, 0.2) is 18.2 Å². The van der Waals surface area contributed by atoms with E-state index in [1.807, 2.05) is 14.0 Å². The van der Waals surface area contributed by atoms with Gasteiger partial charge >= 0.3 is 0 Å². The summed E-state index contributed by atoms with van der Waals surface area (Å²) < 4.78 is 26.6. The molecule has 1 aromatic carbocycles. The van der Waals surface area contributed by atoms with E-state index >= 15 is 0 Å². The fourth-order valence-corrected chi connectivity index (χ4v) is 2.49. The molecule has 2 unspecified atom stereocenters. The highest BCUT2D eigenvalue weighted by Crippen LogP contribution is 2.17. The van der Waals surface area contributed by atoms with E-state index in [2.05, 4.69) is 10.2 Å². The quantitative estimate of drug-likeness (QED) is 0.890. The van der Waals surface area contributed by atoms with Gasteiger partial charge in [-0.3, -0.25) is 4.79 Å². The van der Waals surface area contributed by atoms with Gasteiger partial charge in [0.1, 0.15) is 0 Å². The van der Waals surface area contributed by atoms with Crippen LogP contribution in [0.5, 0.6) is 0 Å². The number of hydrogen-bond donors (Lipinski definition) is 1. The van der Waals surface area contributed by atoms with Crippen LogP contribution < -0.4 is 5.32 Å². The first-order chi connectivity index (χ1) is 8.99. The molecule has 1 saturated heterocycles. The Morgan fingerprint density at radius 3 is 2.84 bits per heavy atom. The zero-order chi connectivity index (χ0) is 14.0. The molecule has 3 nitrogen and oxygen atoms in total. The summed E-state index contributed by atoms with van der Waals surface area (Å²) in [5.41, 5.74) is -0.230. The molecule has 1 N–H and O–H groups in total. The molecule has 0 spiro atoms. The van der Waals surface area contributed by atoms with Crippen molar-refractivity contribution in [2.24, 2.45) is 5.92 Å². The minimum atomic E-state index is -1.08. The first kappa shape index (κ1) is 13.9. The summed E-state index contributed by atoms with van der Waals surface area (Å²) in [6.45, 7) is 3.82. The van der Waals surface area contributed by atoms with Gasteiger partial charge in [0.25, 0.3) is 5.91 Å². The lowest BCUT2D eigenvalue weighted by Gasteiger charge is -2.35. The summed E-state index contributed by atoms with van der Waals surface area (Å²) >= 11 is 0. The molecular formula is C14H18F2N2O. The second-order valence-electron chi connectivity index (χ2n) is 5.21. The van der Waals surface area contributed by atoms with Crippen LogP contribution in [-0.2, 0) is 0 Å². The minimum absolute atomic E-state index is 0.00590. The van der Waals surface area contributed by atoms with E-state index in [0.29, 0.717) is 5.92 Å². The Morgan fingerprint density at radius 2 is 2.16 bits per heavy atom. The van der Waals surface area contributed by atoms with Crippen LogP contribution in [0.4, 0.5) is 8.78 Å². The van der Waals surface area contributed by atoms with E-state index < -0.39 is 17.5 Å². The van der Waals surface area contributed by atoms with E-state index in [1.54, 1.807) is 0 Å². The molecule has 1 fully saturated rings. The van der Waals surface area contributed by atoms with E-state index in [4.69, 9.17) is 0 Å². The predicted octanol–water partition coefficient (Wildman–Crippen LogP) is 2.03. The highest BCUT2D eigenvalue weighted by atomic mass is 19.2. The number of halogens is 2. The molecule has 19 heavy (non-hydrogen) atoms. The second kappa shape index (κ2) is 5.65. The third-order valence-electron chi connectivity index (χ3n) is 3.62. The molecular weight excluding hydrogens is 250 g/mol. The number of nitrogens with one attached hydrogen (secondary N) is 1. The van der Waals surface area contributed by atoms with Gasteiger partial charge in [0, 0.05) is 12.6 Å². The molecule has 1 aliphatic rings. The minimum Gasteiger partial charge on any atom is -0.349 e. The fraction of sp³-hybridized carbons (Fsp3) is 0.500. The topological polar surface area (TPSA) is 32.3 Å². The highest BCUT2D eigenvalue weighted by Gasteiger charge is 2.26. The largest absolute Gasteiger partial charge is 0.349 e. The van der Waals surface area contributed by atoms with Gasteiger partial charge < -0.3 is 10.2 Å². The number of likely N-dealkylation sites (tertiary alicyclic amines) is 1. The first-order valence-corrected chi connectivity index (χ1v) is 6.42. The molecule has 2 rings (SSSR count). The molecule has 0 saturated carbocycles. The van der Waals surface area contributed by atoms with Crippen molar-refractivity contribution in [2.75, 3.05) is 20.1 Å². The Labute approximate surface area is 111 Å². The van der Waals surface area contributed by atoms with Crippen molar-refractivity contribution < 1.29 is 13.6 Å². The summed E-state index contributed by atoms with van der Waals surface area (Å²) in [6, 6.07) is 3.65. The molecule has 1 heterocycles. The Kier molecular flexibility index (Phi) is 4.14. The van der Waals surface area contributed by atoms with Crippen LogP contribution in [0, 0.1) is 17.6 Å². The van der Waals surface area contributed by atoms with Crippen molar-refractivity contribution in [1.29, 1.82) is 0 Å². The van der Waals surface area contributed by atoms with Crippen LogP contribution in [-0.4, -0.2) is 37.0 Å². The van der Waals surface area contributed by atoms with Gasteiger partial charge in [0.05, 0.1) is 5.56 Å². The fourth-order valence-electron chi connectivity index (χ4n) is 2.49. The third-order valence-corrected chi connectivity index (χ3v) is 3.62. The summed E-state index contributed by atoms with van der Waals surface area (Å²) in [7, 11) is 2.03. The maximum Gasteiger partial charge on any atom is 0.254 e. The maximum atomic E-state index is 13.5. The average Bonchev–Trinajstić information content (AvgIpc) is 2.36. The average molecular weight is 268 g/mol. The summed E-state index contributed by atoms with van der Waals surface area (Å²) in [5, 5.41) is 2.80. The van der Waals surface area contributed by atoms with Crippen LogP contribution in [0.25, 0.3) is 0 Å². The van der Waals surface area contributed by atoms with Crippen molar-refractivity contribution in [3.63, 3.8) is 0 Å². The Hall–Kier alpha value is -1.49. The lowest BCUT2D eigenvalue weighted by Crippen LogP contribution is -2.49. The van der Waals surface area contributed by atoms with Gasteiger partial charge in [0.15, 0.2) is 11.6 Å². The Balaban J connectivity index is 2.07. The molecule has 0 aliphatic carbocycles. The maximum absolute atomic E-state index is 13.5. The predicted molar refractivity (Wildman–Crippen MR) is 68.9 cm³/mol. The molecule has 2 atom stereocenters. The van der Waals surface area contributed by atoms with E-state index in [-0.39, 0.29) is 11.6 Å². The second-order valence-corrected chi connectivity index (χ2v) is 5.21. The molecule has 104 valence electrons. The number of hydrogen-bond acceptors (Lipinski definition) is 2. The van der Waals surface area contributed by atoms with Crippen molar-refractivity contribution in [1.82, 2.24) is 10.2 Å².